The zero-order chi connectivity index (χ0) is 12.0. The van der Waals surface area contributed by atoms with E-state index in [-0.39, 0.29) is 6.61 Å². The van der Waals surface area contributed by atoms with E-state index in [2.05, 4.69) is 6.07 Å². The van der Waals surface area contributed by atoms with E-state index in [1.54, 1.807) is 0 Å². The van der Waals surface area contributed by atoms with Crippen LogP contribution in [-0.4, -0.2) is 30.0 Å². The van der Waals surface area contributed by atoms with Gasteiger partial charge in [-0.2, -0.15) is 0 Å². The summed E-state index contributed by atoms with van der Waals surface area (Å²) < 4.78 is 4.88. The van der Waals surface area contributed by atoms with Crippen molar-refractivity contribution in [1.29, 1.82) is 0 Å². The normalized spacial score (nSPS) is 12.4. The molecule has 0 spiro atoms. The van der Waals surface area contributed by atoms with Gasteiger partial charge in [-0.1, -0.05) is 29.8 Å². The molecule has 1 aromatic carbocycles. The number of hydrogen-bond donors (Lipinski definition) is 1. The molecule has 0 fully saturated rings. The quantitative estimate of drug-likeness (QED) is 0.829. The third-order valence-corrected chi connectivity index (χ3v) is 3.37. The van der Waals surface area contributed by atoms with Crippen LogP contribution in [0.15, 0.2) is 24.3 Å². The maximum absolute atomic E-state index is 10.9. The first-order valence-electron chi connectivity index (χ1n) is 5.02. The molecule has 16 heavy (non-hydrogen) atoms. The molecule has 0 saturated heterocycles. The van der Waals surface area contributed by atoms with E-state index in [4.69, 9.17) is 9.84 Å². The summed E-state index contributed by atoms with van der Waals surface area (Å²) in [5.41, 5.74) is 2.34. The molecule has 0 aliphatic carbocycles. The molecule has 0 amide bonds. The minimum Gasteiger partial charge on any atom is -0.480 e. The number of ether oxygens (including phenoxy) is 1. The van der Waals surface area contributed by atoms with E-state index >= 15 is 0 Å². The third-order valence-electron chi connectivity index (χ3n) is 2.13. The van der Waals surface area contributed by atoms with Crippen molar-refractivity contribution in [2.45, 2.75) is 17.9 Å². The summed E-state index contributed by atoms with van der Waals surface area (Å²) in [7, 11) is 1.52. The Kier molecular flexibility index (Phi) is 5.35. The van der Waals surface area contributed by atoms with Crippen LogP contribution in [0, 0.1) is 6.92 Å². The summed E-state index contributed by atoms with van der Waals surface area (Å²) in [6.07, 6.45) is 0. The lowest BCUT2D eigenvalue weighted by atomic mass is 10.2. The van der Waals surface area contributed by atoms with E-state index in [1.807, 2.05) is 25.1 Å². The molecule has 3 nitrogen and oxygen atoms in total. The SMILES string of the molecule is COCC(SCc1cccc(C)c1)C(=O)O. The van der Waals surface area contributed by atoms with Crippen LogP contribution in [0.25, 0.3) is 0 Å². The van der Waals surface area contributed by atoms with Crippen LogP contribution < -0.4 is 0 Å². The molecule has 0 aliphatic rings. The van der Waals surface area contributed by atoms with Gasteiger partial charge in [-0.05, 0) is 12.5 Å². The summed E-state index contributed by atoms with van der Waals surface area (Å²) >= 11 is 1.39. The number of carboxylic acids is 1. The van der Waals surface area contributed by atoms with E-state index in [0.29, 0.717) is 5.75 Å². The highest BCUT2D eigenvalue weighted by molar-refractivity contribution is 7.99. The lowest BCUT2D eigenvalue weighted by molar-refractivity contribution is -0.137. The van der Waals surface area contributed by atoms with Crippen molar-refractivity contribution in [2.24, 2.45) is 0 Å². The Morgan fingerprint density at radius 1 is 1.56 bits per heavy atom. The first kappa shape index (κ1) is 13.1. The van der Waals surface area contributed by atoms with Crippen LogP contribution >= 0.6 is 11.8 Å². The van der Waals surface area contributed by atoms with Crippen molar-refractivity contribution < 1.29 is 14.6 Å². The molecule has 0 aromatic heterocycles. The average Bonchev–Trinajstić information content (AvgIpc) is 2.24. The van der Waals surface area contributed by atoms with Gasteiger partial charge >= 0.3 is 5.97 Å². The molecule has 0 aliphatic heterocycles. The van der Waals surface area contributed by atoms with Crippen molar-refractivity contribution >= 4 is 17.7 Å². The fraction of sp³-hybridized carbons (Fsp3) is 0.417. The lowest BCUT2D eigenvalue weighted by Gasteiger charge is -2.10. The summed E-state index contributed by atoms with van der Waals surface area (Å²) in [6, 6.07) is 8.08. The number of hydrogen-bond acceptors (Lipinski definition) is 3. The van der Waals surface area contributed by atoms with E-state index in [9.17, 15) is 4.79 Å². The van der Waals surface area contributed by atoms with Crippen LogP contribution in [0.4, 0.5) is 0 Å². The van der Waals surface area contributed by atoms with Crippen LogP contribution in [0.2, 0.25) is 0 Å². The lowest BCUT2D eigenvalue weighted by Crippen LogP contribution is -2.21. The molecule has 1 aromatic rings. The van der Waals surface area contributed by atoms with Gasteiger partial charge in [0.05, 0.1) is 6.61 Å². The van der Waals surface area contributed by atoms with Gasteiger partial charge in [0.2, 0.25) is 0 Å². The molecule has 0 radical (unpaired) electrons. The van der Waals surface area contributed by atoms with Gasteiger partial charge in [-0.25, -0.2) is 0 Å². The van der Waals surface area contributed by atoms with E-state index in [1.165, 1.54) is 24.4 Å². The van der Waals surface area contributed by atoms with Crippen LogP contribution in [0.1, 0.15) is 11.1 Å². The number of rotatable bonds is 6. The van der Waals surface area contributed by atoms with E-state index < -0.39 is 11.2 Å². The molecule has 1 rings (SSSR count). The number of carbonyl (C=O) groups is 1. The Morgan fingerprint density at radius 3 is 2.88 bits per heavy atom. The van der Waals surface area contributed by atoms with Crippen LogP contribution in [-0.2, 0) is 15.3 Å². The molecule has 0 bridgehead atoms. The van der Waals surface area contributed by atoms with Crippen LogP contribution in [0.5, 0.6) is 0 Å². The number of aryl methyl sites for hydroxylation is 1. The Balaban J connectivity index is 2.51. The number of benzene rings is 1. The number of carboxylic acid groups (broad SMARTS) is 1. The first-order valence-corrected chi connectivity index (χ1v) is 6.07. The fourth-order valence-electron chi connectivity index (χ4n) is 1.34. The minimum atomic E-state index is -0.820. The topological polar surface area (TPSA) is 46.5 Å². The monoisotopic (exact) mass is 240 g/mol. The summed E-state index contributed by atoms with van der Waals surface area (Å²) in [4.78, 5) is 10.9. The van der Waals surface area contributed by atoms with Gasteiger partial charge in [0.25, 0.3) is 0 Å². The van der Waals surface area contributed by atoms with Crippen molar-refractivity contribution in [2.75, 3.05) is 13.7 Å². The first-order chi connectivity index (χ1) is 7.63. The highest BCUT2D eigenvalue weighted by Crippen LogP contribution is 2.19. The second-order valence-electron chi connectivity index (χ2n) is 3.58. The Hall–Kier alpha value is -1.00. The smallest absolute Gasteiger partial charge is 0.319 e. The number of methoxy groups -OCH3 is 1. The van der Waals surface area contributed by atoms with Crippen molar-refractivity contribution in [3.8, 4) is 0 Å². The van der Waals surface area contributed by atoms with Crippen molar-refractivity contribution in [3.63, 3.8) is 0 Å². The molecule has 0 saturated carbocycles. The Labute approximate surface area is 99.8 Å². The Bertz CT molecular complexity index is 352. The fourth-order valence-corrected chi connectivity index (χ4v) is 2.29. The summed E-state index contributed by atoms with van der Waals surface area (Å²) in [5.74, 6) is -0.123. The molecular formula is C12H16O3S. The van der Waals surface area contributed by atoms with E-state index in [0.717, 1.165) is 5.56 Å². The molecule has 1 unspecified atom stereocenters. The molecule has 88 valence electrons. The predicted octanol–water partition coefficient (Wildman–Crippen LogP) is 2.33. The van der Waals surface area contributed by atoms with Gasteiger partial charge in [-0.3, -0.25) is 4.79 Å². The second kappa shape index (κ2) is 6.55. The average molecular weight is 240 g/mol. The summed E-state index contributed by atoms with van der Waals surface area (Å²) in [6.45, 7) is 2.27. The van der Waals surface area contributed by atoms with Gasteiger partial charge in [0.15, 0.2) is 0 Å². The molecule has 1 N–H and O–H groups in total. The summed E-state index contributed by atoms with van der Waals surface area (Å²) in [5, 5.41) is 8.44. The zero-order valence-corrected chi connectivity index (χ0v) is 10.3. The Morgan fingerprint density at radius 2 is 2.31 bits per heavy atom. The number of aliphatic carboxylic acids is 1. The van der Waals surface area contributed by atoms with Gasteiger partial charge < -0.3 is 9.84 Å². The molecule has 1 atom stereocenters. The van der Waals surface area contributed by atoms with Crippen molar-refractivity contribution in [1.82, 2.24) is 0 Å². The highest BCUT2D eigenvalue weighted by Gasteiger charge is 2.17. The largest absolute Gasteiger partial charge is 0.480 e. The van der Waals surface area contributed by atoms with Crippen LogP contribution in [0.3, 0.4) is 0 Å². The number of thioether (sulfide) groups is 1. The van der Waals surface area contributed by atoms with Crippen molar-refractivity contribution in [3.05, 3.63) is 35.4 Å². The zero-order valence-electron chi connectivity index (χ0n) is 9.47. The second-order valence-corrected chi connectivity index (χ2v) is 4.77. The van der Waals surface area contributed by atoms with Gasteiger partial charge in [0, 0.05) is 12.9 Å². The van der Waals surface area contributed by atoms with Gasteiger partial charge in [0.1, 0.15) is 5.25 Å². The third kappa shape index (κ3) is 4.24. The molecule has 0 heterocycles. The maximum Gasteiger partial charge on any atom is 0.319 e. The highest BCUT2D eigenvalue weighted by atomic mass is 32.2. The van der Waals surface area contributed by atoms with Gasteiger partial charge in [-0.15, -0.1) is 11.8 Å². The molecular weight excluding hydrogens is 224 g/mol. The predicted molar refractivity (Wildman–Crippen MR) is 65.8 cm³/mol. The minimum absolute atomic E-state index is 0.242. The molecule has 4 heteroatoms. The standard InChI is InChI=1S/C12H16O3S/c1-9-4-3-5-10(6-9)8-16-11(7-15-2)12(13)14/h3-6,11H,7-8H2,1-2H3,(H,13,14). The maximum atomic E-state index is 10.9.